The highest BCUT2D eigenvalue weighted by Crippen LogP contribution is 2.24. The smallest absolute Gasteiger partial charge is 0.172 e. The zero-order chi connectivity index (χ0) is 18.5. The first-order valence-electron chi connectivity index (χ1n) is 9.37. The fraction of sp³-hybridized carbons (Fsp3) is 0.429. The van der Waals surface area contributed by atoms with Crippen molar-refractivity contribution in [3.8, 4) is 0 Å². The molecule has 26 heavy (non-hydrogen) atoms. The fourth-order valence-corrected chi connectivity index (χ4v) is 3.72. The first-order chi connectivity index (χ1) is 12.5. The number of anilines is 2. The molecule has 1 aliphatic rings. The molecule has 0 bridgehead atoms. The number of rotatable bonds is 4. The summed E-state index contributed by atoms with van der Waals surface area (Å²) in [7, 11) is 0. The number of benzene rings is 1. The lowest BCUT2D eigenvalue weighted by Gasteiger charge is -2.33. The van der Waals surface area contributed by atoms with E-state index in [-0.39, 0.29) is 6.04 Å². The van der Waals surface area contributed by atoms with Crippen LogP contribution in [0.15, 0.2) is 42.5 Å². The second-order valence-corrected chi connectivity index (χ2v) is 7.68. The lowest BCUT2D eigenvalue weighted by Crippen LogP contribution is -2.34. The van der Waals surface area contributed by atoms with Crippen LogP contribution in [0.3, 0.4) is 0 Å². The van der Waals surface area contributed by atoms with Crippen LogP contribution >= 0.6 is 12.2 Å². The largest absolute Gasteiger partial charge is 0.371 e. The van der Waals surface area contributed by atoms with Crippen molar-refractivity contribution < 1.29 is 0 Å². The number of hydrogen-bond donors (Lipinski definition) is 2. The molecular weight excluding hydrogens is 340 g/mol. The van der Waals surface area contributed by atoms with Gasteiger partial charge >= 0.3 is 0 Å². The quantitative estimate of drug-likeness (QED) is 0.767. The molecule has 0 amide bonds. The highest BCUT2D eigenvalue weighted by Gasteiger charge is 2.17. The number of nitrogens with zero attached hydrogens (tertiary/aromatic N) is 2. The first kappa shape index (κ1) is 18.6. The summed E-state index contributed by atoms with van der Waals surface area (Å²) in [4.78, 5) is 6.91. The number of pyridine rings is 1. The molecule has 0 radical (unpaired) electrons. The van der Waals surface area contributed by atoms with Crippen molar-refractivity contribution in [1.29, 1.82) is 0 Å². The minimum absolute atomic E-state index is 0.133. The van der Waals surface area contributed by atoms with Crippen molar-refractivity contribution in [2.75, 3.05) is 23.3 Å². The highest BCUT2D eigenvalue weighted by atomic mass is 32.1. The summed E-state index contributed by atoms with van der Waals surface area (Å²) in [6.07, 6.45) is 2.63. The summed E-state index contributed by atoms with van der Waals surface area (Å²) < 4.78 is 0. The van der Waals surface area contributed by atoms with Crippen LogP contribution in [0.25, 0.3) is 0 Å². The fourth-order valence-electron chi connectivity index (χ4n) is 3.44. The van der Waals surface area contributed by atoms with E-state index in [1.807, 2.05) is 25.1 Å². The van der Waals surface area contributed by atoms with Gasteiger partial charge in [-0.2, -0.15) is 0 Å². The monoisotopic (exact) mass is 368 g/mol. The Balaban J connectivity index is 1.57. The zero-order valence-corrected chi connectivity index (χ0v) is 16.6. The van der Waals surface area contributed by atoms with Gasteiger partial charge in [0.1, 0.15) is 5.82 Å². The molecule has 3 rings (SSSR count). The number of hydrogen-bond acceptors (Lipinski definition) is 3. The molecular formula is C21H28N4S. The Morgan fingerprint density at radius 2 is 2.00 bits per heavy atom. The number of thiocarbonyl (C=S) groups is 1. The summed E-state index contributed by atoms with van der Waals surface area (Å²) in [6.45, 7) is 8.74. The van der Waals surface area contributed by atoms with E-state index in [4.69, 9.17) is 12.2 Å². The number of aryl methyl sites for hydroxylation is 1. The molecule has 2 heterocycles. The third-order valence-corrected chi connectivity index (χ3v) is 5.11. The maximum Gasteiger partial charge on any atom is 0.172 e. The van der Waals surface area contributed by atoms with Gasteiger partial charge in [-0.05, 0) is 74.7 Å². The number of piperidine rings is 1. The van der Waals surface area contributed by atoms with E-state index in [0.29, 0.717) is 5.11 Å². The lowest BCUT2D eigenvalue weighted by molar-refractivity contribution is 0.447. The summed E-state index contributed by atoms with van der Waals surface area (Å²) >= 11 is 5.43. The van der Waals surface area contributed by atoms with Crippen LogP contribution in [0.1, 0.15) is 44.0 Å². The van der Waals surface area contributed by atoms with Gasteiger partial charge in [-0.15, -0.1) is 0 Å². The second-order valence-electron chi connectivity index (χ2n) is 7.27. The van der Waals surface area contributed by atoms with E-state index >= 15 is 0 Å². The highest BCUT2D eigenvalue weighted by molar-refractivity contribution is 7.80. The molecule has 1 aromatic heterocycles. The van der Waals surface area contributed by atoms with Gasteiger partial charge in [0.2, 0.25) is 0 Å². The molecule has 1 fully saturated rings. The molecule has 4 nitrogen and oxygen atoms in total. The maximum absolute atomic E-state index is 5.43. The molecule has 138 valence electrons. The standard InChI is InChI=1S/C21H28N4S/c1-15-6-5-13-25(14-15)19-11-9-18(10-12-19)17(3)23-21(26)24-20-8-4-7-16(2)22-20/h4,7-12,15,17H,5-6,13-14H2,1-3H3,(H2,22,23,24,26). The molecule has 1 aliphatic heterocycles. The van der Waals surface area contributed by atoms with Gasteiger partial charge in [0.15, 0.2) is 5.11 Å². The van der Waals surface area contributed by atoms with Crippen molar-refractivity contribution in [3.63, 3.8) is 0 Å². The Morgan fingerprint density at radius 1 is 1.23 bits per heavy atom. The normalized spacial score (nSPS) is 18.3. The third kappa shape index (κ3) is 4.94. The van der Waals surface area contributed by atoms with Gasteiger partial charge in [0.25, 0.3) is 0 Å². The van der Waals surface area contributed by atoms with E-state index in [1.54, 1.807) is 0 Å². The van der Waals surface area contributed by atoms with Gasteiger partial charge in [0.05, 0.1) is 6.04 Å². The van der Waals surface area contributed by atoms with E-state index in [2.05, 4.69) is 58.6 Å². The molecule has 2 aromatic rings. The van der Waals surface area contributed by atoms with Crippen LogP contribution in [0, 0.1) is 12.8 Å². The summed E-state index contributed by atoms with van der Waals surface area (Å²) in [5.74, 6) is 1.55. The molecule has 1 aromatic carbocycles. The van der Waals surface area contributed by atoms with Gasteiger partial charge in [-0.1, -0.05) is 25.1 Å². The predicted octanol–water partition coefficient (Wildman–Crippen LogP) is 4.67. The van der Waals surface area contributed by atoms with Gasteiger partial charge in [-0.3, -0.25) is 0 Å². The van der Waals surface area contributed by atoms with Crippen LogP contribution in [-0.2, 0) is 0 Å². The van der Waals surface area contributed by atoms with Gasteiger partial charge in [-0.25, -0.2) is 4.98 Å². The lowest BCUT2D eigenvalue weighted by atomic mass is 9.99. The molecule has 5 heteroatoms. The van der Waals surface area contributed by atoms with Crippen LogP contribution in [0.2, 0.25) is 0 Å². The Bertz CT molecular complexity index is 744. The Hall–Kier alpha value is -2.14. The molecule has 0 saturated carbocycles. The summed E-state index contributed by atoms with van der Waals surface area (Å²) in [5.41, 5.74) is 3.51. The van der Waals surface area contributed by atoms with E-state index in [1.165, 1.54) is 24.1 Å². The average molecular weight is 369 g/mol. The molecule has 1 saturated heterocycles. The van der Waals surface area contributed by atoms with E-state index in [0.717, 1.165) is 30.5 Å². The van der Waals surface area contributed by atoms with Crippen LogP contribution in [0.5, 0.6) is 0 Å². The molecule has 2 atom stereocenters. The van der Waals surface area contributed by atoms with Gasteiger partial charge in [0, 0.05) is 24.5 Å². The van der Waals surface area contributed by atoms with Gasteiger partial charge < -0.3 is 15.5 Å². The SMILES string of the molecule is Cc1cccc(NC(=S)NC(C)c2ccc(N3CCCC(C)C3)cc2)n1. The molecule has 2 unspecified atom stereocenters. The van der Waals surface area contributed by atoms with Crippen molar-refractivity contribution in [2.45, 2.75) is 39.7 Å². The zero-order valence-electron chi connectivity index (χ0n) is 15.8. The molecule has 2 N–H and O–H groups in total. The van der Waals surface area contributed by atoms with E-state index in [9.17, 15) is 0 Å². The Kier molecular flexibility index (Phi) is 6.09. The molecule has 0 aliphatic carbocycles. The number of aromatic nitrogens is 1. The van der Waals surface area contributed by atoms with Crippen LogP contribution in [-0.4, -0.2) is 23.2 Å². The minimum atomic E-state index is 0.133. The van der Waals surface area contributed by atoms with E-state index < -0.39 is 0 Å². The second kappa shape index (κ2) is 8.49. The van der Waals surface area contributed by atoms with Crippen molar-refractivity contribution in [3.05, 3.63) is 53.7 Å². The van der Waals surface area contributed by atoms with Crippen LogP contribution < -0.4 is 15.5 Å². The molecule has 0 spiro atoms. The Morgan fingerprint density at radius 3 is 2.69 bits per heavy atom. The number of nitrogens with one attached hydrogen (secondary N) is 2. The third-order valence-electron chi connectivity index (χ3n) is 4.89. The summed E-state index contributed by atoms with van der Waals surface area (Å²) in [5, 5.41) is 7.08. The van der Waals surface area contributed by atoms with Crippen molar-refractivity contribution >= 4 is 28.8 Å². The van der Waals surface area contributed by atoms with Crippen LogP contribution in [0.4, 0.5) is 11.5 Å². The van der Waals surface area contributed by atoms with Crippen molar-refractivity contribution in [1.82, 2.24) is 10.3 Å². The summed E-state index contributed by atoms with van der Waals surface area (Å²) in [6, 6.07) is 14.8. The van der Waals surface area contributed by atoms with Crippen molar-refractivity contribution in [2.24, 2.45) is 5.92 Å². The first-order valence-corrected chi connectivity index (χ1v) is 9.78. The maximum atomic E-state index is 5.43. The Labute approximate surface area is 162 Å². The minimum Gasteiger partial charge on any atom is -0.371 e. The predicted molar refractivity (Wildman–Crippen MR) is 114 cm³/mol. The topological polar surface area (TPSA) is 40.2 Å². The average Bonchev–Trinajstić information content (AvgIpc) is 2.61.